The first-order valence-electron chi connectivity index (χ1n) is 3.88. The second kappa shape index (κ2) is 3.30. The molecule has 0 bridgehead atoms. The van der Waals surface area contributed by atoms with Crippen LogP contribution in [-0.2, 0) is 0 Å². The lowest BCUT2D eigenvalue weighted by Crippen LogP contribution is -2.17. The van der Waals surface area contributed by atoms with Crippen LogP contribution in [0.15, 0.2) is 12.1 Å². The lowest BCUT2D eigenvalue weighted by molar-refractivity contribution is 0.941. The minimum absolute atomic E-state index is 0.396. The van der Waals surface area contributed by atoms with Crippen LogP contribution in [0.25, 0.3) is 0 Å². The van der Waals surface area contributed by atoms with Crippen molar-refractivity contribution in [2.45, 2.75) is 6.92 Å². The molecule has 1 rings (SSSR count). The lowest BCUT2D eigenvalue weighted by Gasteiger charge is -2.15. The van der Waals surface area contributed by atoms with Crippen molar-refractivity contribution >= 4 is 17.3 Å². The maximum atomic E-state index is 5.55. The molecule has 66 valence electrons. The molecule has 0 unspecified atom stereocenters. The smallest absolute Gasteiger partial charge is 0.149 e. The van der Waals surface area contributed by atoms with E-state index < -0.39 is 0 Å². The predicted molar refractivity (Wildman–Crippen MR) is 52.0 cm³/mol. The van der Waals surface area contributed by atoms with E-state index in [0.717, 1.165) is 12.4 Å². The minimum atomic E-state index is 0.396. The highest BCUT2D eigenvalue weighted by atomic mass is 15.2. The van der Waals surface area contributed by atoms with Crippen molar-refractivity contribution in [3.05, 3.63) is 12.1 Å². The summed E-state index contributed by atoms with van der Waals surface area (Å²) in [5, 5.41) is 0. The maximum Gasteiger partial charge on any atom is 0.149 e. The van der Waals surface area contributed by atoms with Crippen LogP contribution in [0.3, 0.4) is 0 Å². The zero-order valence-electron chi connectivity index (χ0n) is 7.41. The van der Waals surface area contributed by atoms with Crippen LogP contribution in [0.1, 0.15) is 6.92 Å². The van der Waals surface area contributed by atoms with Gasteiger partial charge in [0.05, 0.1) is 5.69 Å². The van der Waals surface area contributed by atoms with Crippen LogP contribution in [0.4, 0.5) is 17.3 Å². The van der Waals surface area contributed by atoms with Crippen LogP contribution in [0.2, 0.25) is 0 Å². The molecular weight excluding hydrogens is 152 g/mol. The Balaban J connectivity index is 2.96. The normalized spacial score (nSPS) is 9.83. The first-order valence-corrected chi connectivity index (χ1v) is 3.88. The first-order chi connectivity index (χ1) is 5.65. The van der Waals surface area contributed by atoms with E-state index in [2.05, 4.69) is 4.98 Å². The highest BCUT2D eigenvalue weighted by molar-refractivity contribution is 5.61. The third-order valence-electron chi connectivity index (χ3n) is 1.81. The second-order valence-corrected chi connectivity index (χ2v) is 2.66. The third-order valence-corrected chi connectivity index (χ3v) is 1.81. The summed E-state index contributed by atoms with van der Waals surface area (Å²) in [7, 11) is 1.96. The first kappa shape index (κ1) is 8.64. The van der Waals surface area contributed by atoms with Gasteiger partial charge in [0.25, 0.3) is 0 Å². The molecule has 0 saturated carbocycles. The molecular formula is C8H14N4. The van der Waals surface area contributed by atoms with Gasteiger partial charge in [-0.2, -0.15) is 0 Å². The quantitative estimate of drug-likeness (QED) is 0.678. The number of aromatic nitrogens is 1. The zero-order chi connectivity index (χ0) is 9.14. The molecule has 0 atom stereocenters. The predicted octanol–water partition coefficient (Wildman–Crippen LogP) is 0.702. The molecule has 0 spiro atoms. The van der Waals surface area contributed by atoms with Crippen LogP contribution >= 0.6 is 0 Å². The van der Waals surface area contributed by atoms with Crippen molar-refractivity contribution in [1.82, 2.24) is 4.98 Å². The average molecular weight is 166 g/mol. The zero-order valence-corrected chi connectivity index (χ0v) is 7.41. The van der Waals surface area contributed by atoms with Gasteiger partial charge >= 0.3 is 0 Å². The van der Waals surface area contributed by atoms with E-state index in [4.69, 9.17) is 11.5 Å². The number of rotatable bonds is 2. The van der Waals surface area contributed by atoms with E-state index in [-0.39, 0.29) is 0 Å². The number of pyridine rings is 1. The largest absolute Gasteiger partial charge is 0.396 e. The fourth-order valence-corrected chi connectivity index (χ4v) is 0.850. The summed E-state index contributed by atoms with van der Waals surface area (Å²) in [6, 6.07) is 3.62. The molecule has 0 aliphatic rings. The molecule has 4 N–H and O–H groups in total. The van der Waals surface area contributed by atoms with Crippen LogP contribution in [0, 0.1) is 0 Å². The standard InChI is InChI=1S/C8H14N4/c1-3-12(2)7-5-4-6(9)8(10)11-7/h4-5H,3,9H2,1-2H3,(H2,10,11). The molecule has 0 saturated heterocycles. The molecule has 1 heterocycles. The second-order valence-electron chi connectivity index (χ2n) is 2.66. The van der Waals surface area contributed by atoms with Gasteiger partial charge < -0.3 is 16.4 Å². The van der Waals surface area contributed by atoms with Gasteiger partial charge in [-0.1, -0.05) is 0 Å². The average Bonchev–Trinajstić information content (AvgIpc) is 2.08. The van der Waals surface area contributed by atoms with Gasteiger partial charge in [-0.15, -0.1) is 0 Å². The van der Waals surface area contributed by atoms with Gasteiger partial charge in [-0.3, -0.25) is 0 Å². The molecule has 0 amide bonds. The Labute approximate surface area is 72.2 Å². The number of nitrogens with two attached hydrogens (primary N) is 2. The Morgan fingerprint density at radius 2 is 2.08 bits per heavy atom. The molecule has 0 radical (unpaired) electrons. The number of hydrogen-bond acceptors (Lipinski definition) is 4. The van der Waals surface area contributed by atoms with Crippen molar-refractivity contribution in [3.8, 4) is 0 Å². The number of nitrogen functional groups attached to an aromatic ring is 2. The van der Waals surface area contributed by atoms with Gasteiger partial charge in [-0.25, -0.2) is 4.98 Å². The summed E-state index contributed by atoms with van der Waals surface area (Å²) in [6.07, 6.45) is 0. The van der Waals surface area contributed by atoms with Gasteiger partial charge in [0, 0.05) is 13.6 Å². The molecule has 0 aliphatic heterocycles. The lowest BCUT2D eigenvalue weighted by atomic mass is 10.3. The Bertz CT molecular complexity index is 272. The highest BCUT2D eigenvalue weighted by Crippen LogP contribution is 2.16. The Kier molecular flexibility index (Phi) is 2.38. The van der Waals surface area contributed by atoms with E-state index >= 15 is 0 Å². The fourth-order valence-electron chi connectivity index (χ4n) is 0.850. The van der Waals surface area contributed by atoms with Crippen LogP contribution in [0.5, 0.6) is 0 Å². The number of nitrogens with zero attached hydrogens (tertiary/aromatic N) is 2. The topological polar surface area (TPSA) is 68.2 Å². The summed E-state index contributed by atoms with van der Waals surface area (Å²) in [4.78, 5) is 6.12. The molecule has 4 nitrogen and oxygen atoms in total. The summed E-state index contributed by atoms with van der Waals surface area (Å²) in [6.45, 7) is 2.95. The van der Waals surface area contributed by atoms with E-state index in [0.29, 0.717) is 11.5 Å². The molecule has 0 aliphatic carbocycles. The van der Waals surface area contributed by atoms with Crippen molar-refractivity contribution in [1.29, 1.82) is 0 Å². The minimum Gasteiger partial charge on any atom is -0.396 e. The molecule has 0 aromatic carbocycles. The van der Waals surface area contributed by atoms with Gasteiger partial charge in [-0.05, 0) is 19.1 Å². The van der Waals surface area contributed by atoms with Crippen molar-refractivity contribution in [3.63, 3.8) is 0 Å². The summed E-state index contributed by atoms with van der Waals surface area (Å²) in [5.41, 5.74) is 11.6. The Morgan fingerprint density at radius 3 is 2.58 bits per heavy atom. The monoisotopic (exact) mass is 166 g/mol. The molecule has 1 aromatic heterocycles. The maximum absolute atomic E-state index is 5.55. The van der Waals surface area contributed by atoms with Gasteiger partial charge in [0.1, 0.15) is 11.6 Å². The summed E-state index contributed by atoms with van der Waals surface area (Å²) in [5.74, 6) is 1.25. The van der Waals surface area contributed by atoms with Crippen molar-refractivity contribution in [2.75, 3.05) is 30.0 Å². The molecule has 4 heteroatoms. The molecule has 12 heavy (non-hydrogen) atoms. The summed E-state index contributed by atoms with van der Waals surface area (Å²) >= 11 is 0. The van der Waals surface area contributed by atoms with Gasteiger partial charge in [0.2, 0.25) is 0 Å². The van der Waals surface area contributed by atoms with Crippen LogP contribution in [-0.4, -0.2) is 18.6 Å². The third kappa shape index (κ3) is 1.58. The highest BCUT2D eigenvalue weighted by Gasteiger charge is 2.01. The van der Waals surface area contributed by atoms with E-state index in [1.165, 1.54) is 0 Å². The Morgan fingerprint density at radius 1 is 1.42 bits per heavy atom. The Hall–Kier alpha value is -1.45. The van der Waals surface area contributed by atoms with Gasteiger partial charge in [0.15, 0.2) is 0 Å². The van der Waals surface area contributed by atoms with E-state index in [1.54, 1.807) is 6.07 Å². The van der Waals surface area contributed by atoms with E-state index in [1.807, 2.05) is 24.9 Å². The summed E-state index contributed by atoms with van der Waals surface area (Å²) < 4.78 is 0. The number of hydrogen-bond donors (Lipinski definition) is 2. The van der Waals surface area contributed by atoms with Crippen LogP contribution < -0.4 is 16.4 Å². The van der Waals surface area contributed by atoms with E-state index in [9.17, 15) is 0 Å². The molecule has 0 fully saturated rings. The van der Waals surface area contributed by atoms with Crippen molar-refractivity contribution < 1.29 is 0 Å². The fraction of sp³-hybridized carbons (Fsp3) is 0.375. The number of anilines is 3. The van der Waals surface area contributed by atoms with Crippen molar-refractivity contribution in [2.24, 2.45) is 0 Å². The molecule has 1 aromatic rings. The SMILES string of the molecule is CCN(C)c1ccc(N)c(N)n1.